The van der Waals surface area contributed by atoms with Crippen LogP contribution in [0.1, 0.15) is 102 Å². The van der Waals surface area contributed by atoms with E-state index in [1.807, 2.05) is 6.07 Å². The summed E-state index contributed by atoms with van der Waals surface area (Å²) in [6.07, 6.45) is 15.3. The average molecular weight is 1020 g/mol. The zero-order chi connectivity index (χ0) is 52.5. The van der Waals surface area contributed by atoms with Crippen LogP contribution in [0, 0.1) is 24.0 Å². The summed E-state index contributed by atoms with van der Waals surface area (Å²) < 4.78 is 44.6. The number of hydrogen-bond donors (Lipinski definition) is 4. The number of anilines is 1. The molecule has 0 radical (unpaired) electrons. The van der Waals surface area contributed by atoms with Crippen LogP contribution in [-0.2, 0) is 20.7 Å². The molecule has 19 heteroatoms. The van der Waals surface area contributed by atoms with Crippen molar-refractivity contribution < 1.29 is 47.3 Å². The number of carbonyl (C=O) groups is 5. The lowest BCUT2D eigenvalue weighted by molar-refractivity contribution is -0.136. The third-order valence-electron chi connectivity index (χ3n) is 15.6. The minimum Gasteiger partial charge on any atom is -0.508 e. The lowest BCUT2D eigenvalue weighted by Crippen LogP contribution is -2.53. The Morgan fingerprint density at radius 3 is 2.64 bits per heavy atom. The number of halogens is 2. The molecule has 10 rings (SSSR count). The van der Waals surface area contributed by atoms with E-state index in [0.717, 1.165) is 50.5 Å². The van der Waals surface area contributed by atoms with E-state index in [1.54, 1.807) is 12.1 Å². The molecule has 5 atom stereocenters. The highest BCUT2D eigenvalue weighted by molar-refractivity contribution is 6.07. The van der Waals surface area contributed by atoms with Crippen molar-refractivity contribution in [3.05, 3.63) is 94.7 Å². The van der Waals surface area contributed by atoms with Crippen molar-refractivity contribution in [3.8, 4) is 35.4 Å². The standard InChI is InChI=1S/C56H59F2N9O8/c1-4-40-43(57)16-13-34-22-39(69)23-41(47(34)40)49-48(58)50-42(25-60-49)51(66-27-36-14-15-37(28-66)61-36)64-54(63-50)75-31-56-20-19-38(67(56)26-32(2)24-56)30-74-55(73)59-21-8-6-5-7-10-33-11-9-12-35(29-68)46(33)53(72)65(3)44-17-18-45(70)62-52(44)71/h1,9,11-13,16,22-23,25,29,36-38,44,61,69H,2,5-8,10,14-15,17-21,24,26-28,30-31H2,3H3,(H,59,73)(H,62,70,71). The molecule has 17 nitrogen and oxygen atoms in total. The summed E-state index contributed by atoms with van der Waals surface area (Å²) in [5.41, 5.74) is 1.52. The third-order valence-corrected chi connectivity index (χ3v) is 15.6. The maximum absolute atomic E-state index is 17.2. The molecule has 5 fully saturated rings. The predicted molar refractivity (Wildman–Crippen MR) is 275 cm³/mol. The Labute approximate surface area is 432 Å². The van der Waals surface area contributed by atoms with E-state index in [-0.39, 0.29) is 101 Å². The maximum Gasteiger partial charge on any atom is 0.407 e. The summed E-state index contributed by atoms with van der Waals surface area (Å²) in [5.74, 6) is -0.133. The van der Waals surface area contributed by atoms with Gasteiger partial charge in [0.25, 0.3) is 5.91 Å². The number of ether oxygens (including phenoxy) is 2. The number of terminal acetylenes is 1. The number of nitrogens with zero attached hydrogens (tertiary/aromatic N) is 6. The summed E-state index contributed by atoms with van der Waals surface area (Å²) in [4.78, 5) is 82.6. The van der Waals surface area contributed by atoms with Crippen molar-refractivity contribution >= 4 is 57.6 Å². The van der Waals surface area contributed by atoms with Gasteiger partial charge in [-0.25, -0.2) is 13.6 Å². The molecule has 4 N–H and O–H groups in total. The second-order valence-corrected chi connectivity index (χ2v) is 20.5. The summed E-state index contributed by atoms with van der Waals surface area (Å²) in [7, 11) is 1.51. The topological polar surface area (TPSA) is 209 Å². The van der Waals surface area contributed by atoms with Gasteiger partial charge in [0.15, 0.2) is 12.1 Å². The first kappa shape index (κ1) is 50.9. The number of aromatic hydroxyl groups is 1. The second-order valence-electron chi connectivity index (χ2n) is 20.5. The Morgan fingerprint density at radius 1 is 1.07 bits per heavy atom. The number of alkyl carbamates (subject to hydrolysis) is 1. The van der Waals surface area contributed by atoms with Gasteiger partial charge in [0.2, 0.25) is 11.8 Å². The minimum absolute atomic E-state index is 0.0247. The fraction of sp³-hybridized carbons (Fsp3) is 0.429. The van der Waals surface area contributed by atoms with Crippen LogP contribution in [0.2, 0.25) is 0 Å². The number of carbonyl (C=O) groups excluding carboxylic acids is 5. The first-order valence-corrected chi connectivity index (χ1v) is 25.7. The number of phenols is 1. The van der Waals surface area contributed by atoms with Crippen LogP contribution in [0.4, 0.5) is 19.4 Å². The number of unbranched alkanes of at least 4 members (excludes halogenated alkanes) is 3. The van der Waals surface area contributed by atoms with Gasteiger partial charge in [0.05, 0.1) is 22.1 Å². The highest BCUT2D eigenvalue weighted by Gasteiger charge is 2.51. The largest absolute Gasteiger partial charge is 0.508 e. The van der Waals surface area contributed by atoms with E-state index in [4.69, 9.17) is 20.9 Å². The van der Waals surface area contributed by atoms with E-state index in [1.165, 1.54) is 42.4 Å². The van der Waals surface area contributed by atoms with Crippen LogP contribution < -0.4 is 25.6 Å². The molecule has 0 saturated carbocycles. The number of amides is 4. The Kier molecular flexibility index (Phi) is 14.5. The SMILES string of the molecule is C#Cc1c(F)ccc2cc(O)cc(-c3ncc4c(N5CC6CCC(C5)N6)nc(OCC56CCC(COC(=O)NCCCCCCc7cccc(C=O)c7C(=O)N(C)C7CCC(=O)NC7=O)N5CC(=C)C6)nc4c3F)c12. The molecule has 4 amide bonds. The Morgan fingerprint density at radius 2 is 1.87 bits per heavy atom. The zero-order valence-corrected chi connectivity index (χ0v) is 41.8. The molecule has 5 aromatic rings. The average Bonchev–Trinajstić information content (AvgIpc) is 4.06. The molecule has 0 aliphatic carbocycles. The number of piperidine rings is 1. The molecule has 3 aromatic carbocycles. The number of fused-ring (bicyclic) bond motifs is 5. The number of aromatic nitrogens is 3. The molecule has 7 heterocycles. The number of imide groups is 1. The molecule has 5 unspecified atom stereocenters. The molecule has 5 aliphatic heterocycles. The number of piperazine rings is 1. The van der Waals surface area contributed by atoms with Crippen LogP contribution >= 0.6 is 0 Å². The smallest absolute Gasteiger partial charge is 0.407 e. The van der Waals surface area contributed by atoms with Crippen molar-refractivity contribution in [2.24, 2.45) is 0 Å². The van der Waals surface area contributed by atoms with Crippen molar-refractivity contribution in [3.63, 3.8) is 0 Å². The number of benzene rings is 3. The molecule has 5 saturated heterocycles. The number of aldehydes is 1. The molecular formula is C56H59F2N9O8. The van der Waals surface area contributed by atoms with E-state index in [0.29, 0.717) is 73.9 Å². The van der Waals surface area contributed by atoms with Gasteiger partial charge in [-0.2, -0.15) is 9.97 Å². The molecule has 2 aromatic heterocycles. The van der Waals surface area contributed by atoms with Crippen molar-refractivity contribution in [2.75, 3.05) is 51.3 Å². The first-order valence-electron chi connectivity index (χ1n) is 25.7. The van der Waals surface area contributed by atoms with Crippen LogP contribution in [0.25, 0.3) is 32.9 Å². The van der Waals surface area contributed by atoms with E-state index < -0.39 is 41.1 Å². The highest BCUT2D eigenvalue weighted by Crippen LogP contribution is 2.45. The predicted octanol–water partition coefficient (Wildman–Crippen LogP) is 6.51. The van der Waals surface area contributed by atoms with Gasteiger partial charge in [0, 0.05) is 80.5 Å². The quantitative estimate of drug-likeness (QED) is 0.0258. The van der Waals surface area contributed by atoms with E-state index in [9.17, 15) is 29.1 Å². The fourth-order valence-electron chi connectivity index (χ4n) is 12.0. The lowest BCUT2D eigenvalue weighted by atomic mass is 9.94. The van der Waals surface area contributed by atoms with Gasteiger partial charge in [-0.05, 0) is 86.9 Å². The van der Waals surface area contributed by atoms with Crippen LogP contribution in [0.15, 0.2) is 60.8 Å². The Balaban J connectivity index is 0.763. The fourth-order valence-corrected chi connectivity index (χ4v) is 12.0. The number of likely N-dealkylation sites (N-methyl/N-ethyl adjacent to an activating group) is 1. The minimum atomic E-state index is -0.815. The molecule has 0 spiro atoms. The summed E-state index contributed by atoms with van der Waals surface area (Å²) in [5, 5.41) is 20.5. The maximum atomic E-state index is 17.2. The van der Waals surface area contributed by atoms with Gasteiger partial charge in [0.1, 0.15) is 47.9 Å². The van der Waals surface area contributed by atoms with Crippen LogP contribution in [-0.4, -0.2) is 136 Å². The molecule has 75 heavy (non-hydrogen) atoms. The molecular weight excluding hydrogens is 965 g/mol. The van der Waals surface area contributed by atoms with Gasteiger partial charge >= 0.3 is 12.1 Å². The van der Waals surface area contributed by atoms with Crippen molar-refractivity contribution in [1.82, 2.24) is 40.7 Å². The normalized spacial score (nSPS) is 22.3. The number of nitrogens with one attached hydrogen (secondary N) is 3. The number of hydrogen-bond acceptors (Lipinski definition) is 14. The van der Waals surface area contributed by atoms with Crippen molar-refractivity contribution in [2.45, 2.75) is 107 Å². The van der Waals surface area contributed by atoms with E-state index >= 15 is 8.78 Å². The number of rotatable bonds is 17. The van der Waals surface area contributed by atoms with Gasteiger partial charge in [-0.1, -0.05) is 55.2 Å². The monoisotopic (exact) mass is 1020 g/mol. The van der Waals surface area contributed by atoms with Gasteiger partial charge in [-0.3, -0.25) is 34.4 Å². The van der Waals surface area contributed by atoms with Crippen LogP contribution in [0.3, 0.4) is 0 Å². The summed E-state index contributed by atoms with van der Waals surface area (Å²) >= 11 is 0. The first-order chi connectivity index (χ1) is 36.2. The van der Waals surface area contributed by atoms with Crippen molar-refractivity contribution in [1.29, 1.82) is 0 Å². The molecule has 5 aliphatic rings. The van der Waals surface area contributed by atoms with Crippen LogP contribution in [0.5, 0.6) is 11.8 Å². The van der Waals surface area contributed by atoms with E-state index in [2.05, 4.69) is 48.2 Å². The Hall–Kier alpha value is -7.56. The summed E-state index contributed by atoms with van der Waals surface area (Å²) in [6.45, 7) is 6.89. The number of aryl methyl sites for hydroxylation is 1. The highest BCUT2D eigenvalue weighted by atomic mass is 19.1. The lowest BCUT2D eigenvalue weighted by Gasteiger charge is -2.35. The number of pyridine rings is 1. The Bertz CT molecular complexity index is 3170. The zero-order valence-electron chi connectivity index (χ0n) is 41.8. The second kappa shape index (κ2) is 21.4. The number of phenolic OH excluding ortho intramolecular Hbond substituents is 1. The molecule has 390 valence electrons. The summed E-state index contributed by atoms with van der Waals surface area (Å²) in [6, 6.07) is 10.1. The van der Waals surface area contributed by atoms with Gasteiger partial charge in [-0.15, -0.1) is 6.42 Å². The van der Waals surface area contributed by atoms with Gasteiger partial charge < -0.3 is 35.0 Å². The third kappa shape index (κ3) is 10.2. The molecule has 2 bridgehead atoms.